The van der Waals surface area contributed by atoms with Crippen molar-refractivity contribution in [2.24, 2.45) is 0 Å². The lowest BCUT2D eigenvalue weighted by Crippen LogP contribution is -2.08. The molecule has 5 N–H and O–H groups in total. The van der Waals surface area contributed by atoms with Gasteiger partial charge in [0.15, 0.2) is 4.34 Å². The Morgan fingerprint density at radius 2 is 1.73 bits per heavy atom. The SMILES string of the molecule is CC(=O)Nc1cccc(Nc2nnc(SC(C)c3nc(N)nc(Nc4ccccc4)n3)s2)c1. The summed E-state index contributed by atoms with van der Waals surface area (Å²) in [5.74, 6) is 0.940. The van der Waals surface area contributed by atoms with Gasteiger partial charge in [0, 0.05) is 24.0 Å². The molecule has 10 nitrogen and oxygen atoms in total. The molecule has 2 aromatic carbocycles. The van der Waals surface area contributed by atoms with Gasteiger partial charge in [0.05, 0.1) is 5.25 Å². The lowest BCUT2D eigenvalue weighted by Gasteiger charge is -2.10. The smallest absolute Gasteiger partial charge is 0.232 e. The van der Waals surface area contributed by atoms with Crippen LogP contribution in [-0.4, -0.2) is 31.1 Å². The van der Waals surface area contributed by atoms with E-state index in [1.807, 2.05) is 61.5 Å². The number of thioether (sulfide) groups is 1. The van der Waals surface area contributed by atoms with Crippen molar-refractivity contribution in [3.8, 4) is 0 Å². The lowest BCUT2D eigenvalue weighted by atomic mass is 10.3. The number of amides is 1. The van der Waals surface area contributed by atoms with Crippen LogP contribution in [0.15, 0.2) is 58.9 Å². The average Bonchev–Trinajstić information content (AvgIpc) is 3.20. The van der Waals surface area contributed by atoms with E-state index in [2.05, 4.69) is 41.1 Å². The van der Waals surface area contributed by atoms with Crippen LogP contribution in [0.4, 0.5) is 34.1 Å². The second kappa shape index (κ2) is 10.2. The highest BCUT2D eigenvalue weighted by molar-refractivity contribution is 8.01. The molecule has 2 heterocycles. The number of hydrogen-bond acceptors (Lipinski definition) is 11. The average molecular weight is 480 g/mol. The highest BCUT2D eigenvalue weighted by atomic mass is 32.2. The van der Waals surface area contributed by atoms with Gasteiger partial charge < -0.3 is 21.7 Å². The van der Waals surface area contributed by atoms with Crippen molar-refractivity contribution in [1.82, 2.24) is 25.1 Å². The van der Waals surface area contributed by atoms with Gasteiger partial charge in [-0.15, -0.1) is 10.2 Å². The van der Waals surface area contributed by atoms with Crippen molar-refractivity contribution < 1.29 is 4.79 Å². The number of nitrogen functional groups attached to an aromatic ring is 1. The van der Waals surface area contributed by atoms with Crippen LogP contribution in [0, 0.1) is 0 Å². The van der Waals surface area contributed by atoms with Gasteiger partial charge in [-0.2, -0.15) is 15.0 Å². The third-order valence-corrected chi connectivity index (χ3v) is 6.20. The van der Waals surface area contributed by atoms with Crippen LogP contribution >= 0.6 is 23.1 Å². The predicted molar refractivity (Wildman–Crippen MR) is 132 cm³/mol. The van der Waals surface area contributed by atoms with E-state index in [0.717, 1.165) is 15.7 Å². The van der Waals surface area contributed by atoms with Crippen LogP contribution < -0.4 is 21.7 Å². The highest BCUT2D eigenvalue weighted by Crippen LogP contribution is 2.37. The summed E-state index contributed by atoms with van der Waals surface area (Å²) in [5.41, 5.74) is 8.26. The molecule has 0 bridgehead atoms. The van der Waals surface area contributed by atoms with Crippen LogP contribution in [0.3, 0.4) is 0 Å². The molecule has 0 radical (unpaired) electrons. The fourth-order valence-electron chi connectivity index (χ4n) is 2.81. The molecule has 0 spiro atoms. The van der Waals surface area contributed by atoms with E-state index in [1.54, 1.807) is 0 Å². The molecular weight excluding hydrogens is 458 g/mol. The van der Waals surface area contributed by atoms with Crippen LogP contribution in [0.2, 0.25) is 0 Å². The molecule has 1 atom stereocenters. The van der Waals surface area contributed by atoms with Gasteiger partial charge in [0.1, 0.15) is 5.82 Å². The van der Waals surface area contributed by atoms with Gasteiger partial charge in [-0.25, -0.2) is 0 Å². The Bertz CT molecular complexity index is 1250. The molecule has 168 valence electrons. The Morgan fingerprint density at radius 3 is 2.52 bits per heavy atom. The van der Waals surface area contributed by atoms with Gasteiger partial charge >= 0.3 is 0 Å². The third kappa shape index (κ3) is 6.37. The number of nitrogens with zero attached hydrogens (tertiary/aromatic N) is 5. The molecule has 2 aromatic heterocycles. The van der Waals surface area contributed by atoms with E-state index in [-0.39, 0.29) is 17.1 Å². The van der Waals surface area contributed by atoms with Crippen LogP contribution in [0.5, 0.6) is 0 Å². The van der Waals surface area contributed by atoms with Gasteiger partial charge in [-0.3, -0.25) is 4.79 Å². The Labute approximate surface area is 198 Å². The maximum atomic E-state index is 11.3. The molecule has 0 saturated heterocycles. The number of carbonyl (C=O) groups is 1. The zero-order valence-corrected chi connectivity index (χ0v) is 19.4. The summed E-state index contributed by atoms with van der Waals surface area (Å²) in [6.45, 7) is 3.44. The predicted octanol–water partition coefficient (Wildman–Crippen LogP) is 4.60. The molecule has 4 aromatic rings. The summed E-state index contributed by atoms with van der Waals surface area (Å²) in [6, 6.07) is 17.0. The van der Waals surface area contributed by atoms with E-state index in [9.17, 15) is 4.79 Å². The summed E-state index contributed by atoms with van der Waals surface area (Å²) in [7, 11) is 0. The van der Waals surface area contributed by atoms with E-state index in [0.29, 0.717) is 22.6 Å². The topological polar surface area (TPSA) is 144 Å². The molecule has 0 aliphatic heterocycles. The van der Waals surface area contributed by atoms with Crippen molar-refractivity contribution in [2.75, 3.05) is 21.7 Å². The summed E-state index contributed by atoms with van der Waals surface area (Å²) in [6.07, 6.45) is 0. The quantitative estimate of drug-likeness (QED) is 0.265. The molecule has 12 heteroatoms. The monoisotopic (exact) mass is 479 g/mol. The first-order valence-corrected chi connectivity index (χ1v) is 11.6. The van der Waals surface area contributed by atoms with E-state index < -0.39 is 0 Å². The van der Waals surface area contributed by atoms with Gasteiger partial charge in [0.25, 0.3) is 0 Å². The number of nitrogens with two attached hydrogens (primary N) is 1. The Balaban J connectivity index is 1.42. The van der Waals surface area contributed by atoms with Crippen LogP contribution in [-0.2, 0) is 4.79 Å². The highest BCUT2D eigenvalue weighted by Gasteiger charge is 2.17. The fourth-order valence-corrected chi connectivity index (χ4v) is 4.77. The fraction of sp³-hybridized carbons (Fsp3) is 0.143. The number of para-hydroxylation sites is 1. The number of hydrogen-bond donors (Lipinski definition) is 4. The Morgan fingerprint density at radius 1 is 0.970 bits per heavy atom. The molecule has 0 saturated carbocycles. The molecule has 4 rings (SSSR count). The van der Waals surface area contributed by atoms with E-state index in [4.69, 9.17) is 5.73 Å². The van der Waals surface area contributed by atoms with E-state index >= 15 is 0 Å². The van der Waals surface area contributed by atoms with Gasteiger partial charge in [-0.05, 0) is 37.3 Å². The number of carbonyl (C=O) groups excluding carboxylic acids is 1. The molecule has 0 aliphatic carbocycles. The summed E-state index contributed by atoms with van der Waals surface area (Å²) >= 11 is 2.88. The number of rotatable bonds is 8. The van der Waals surface area contributed by atoms with E-state index in [1.165, 1.54) is 30.0 Å². The first-order valence-electron chi connectivity index (χ1n) is 9.93. The number of aromatic nitrogens is 5. The van der Waals surface area contributed by atoms with Gasteiger partial charge in [0.2, 0.25) is 22.9 Å². The summed E-state index contributed by atoms with van der Waals surface area (Å²) in [4.78, 5) is 24.2. The number of benzene rings is 2. The number of anilines is 6. The molecule has 33 heavy (non-hydrogen) atoms. The summed E-state index contributed by atoms with van der Waals surface area (Å²) in [5, 5.41) is 18.0. The molecule has 0 fully saturated rings. The second-order valence-electron chi connectivity index (χ2n) is 6.89. The normalized spacial score (nSPS) is 11.6. The largest absolute Gasteiger partial charge is 0.368 e. The Hall–Kier alpha value is -3.77. The van der Waals surface area contributed by atoms with Crippen molar-refractivity contribution in [3.05, 3.63) is 60.4 Å². The van der Waals surface area contributed by atoms with Crippen molar-refractivity contribution in [1.29, 1.82) is 0 Å². The van der Waals surface area contributed by atoms with Crippen LogP contribution in [0.1, 0.15) is 24.9 Å². The number of nitrogens with one attached hydrogen (secondary N) is 3. The second-order valence-corrected chi connectivity index (χ2v) is 9.45. The first-order chi connectivity index (χ1) is 15.9. The standard InChI is InChI=1S/C21H21N9OS2/c1-12(17-26-18(22)28-19(27-17)24-14-7-4-3-5-8-14)32-21-30-29-20(33-21)25-16-10-6-9-15(11-16)23-13(2)31/h3-12H,1-2H3,(H,23,31)(H,25,29)(H3,22,24,26,27,28). The maximum absolute atomic E-state index is 11.3. The van der Waals surface area contributed by atoms with Crippen molar-refractivity contribution >= 4 is 63.1 Å². The lowest BCUT2D eigenvalue weighted by molar-refractivity contribution is -0.114. The minimum atomic E-state index is -0.129. The maximum Gasteiger partial charge on any atom is 0.232 e. The molecule has 1 amide bonds. The van der Waals surface area contributed by atoms with Crippen molar-refractivity contribution in [3.63, 3.8) is 0 Å². The first kappa shape index (κ1) is 22.4. The molecule has 1 unspecified atom stereocenters. The zero-order chi connectivity index (χ0) is 23.2. The minimum absolute atomic E-state index is 0.128. The third-order valence-electron chi connectivity index (χ3n) is 4.18. The van der Waals surface area contributed by atoms with Crippen molar-refractivity contribution in [2.45, 2.75) is 23.4 Å². The Kier molecular flexibility index (Phi) is 6.95. The molecule has 0 aliphatic rings. The molecular formula is C21H21N9OS2. The van der Waals surface area contributed by atoms with Crippen LogP contribution in [0.25, 0.3) is 0 Å². The van der Waals surface area contributed by atoms with Gasteiger partial charge in [-0.1, -0.05) is 47.4 Å². The minimum Gasteiger partial charge on any atom is -0.368 e. The summed E-state index contributed by atoms with van der Waals surface area (Å²) < 4.78 is 0.750. The zero-order valence-electron chi connectivity index (χ0n) is 17.8.